The molecule has 11 heteroatoms. The van der Waals surface area contributed by atoms with Crippen molar-refractivity contribution in [1.29, 1.82) is 0 Å². The summed E-state index contributed by atoms with van der Waals surface area (Å²) >= 11 is 0. The Balaban J connectivity index is 1.58. The zero-order chi connectivity index (χ0) is 18.8. The lowest BCUT2D eigenvalue weighted by molar-refractivity contribution is -0.150. The van der Waals surface area contributed by atoms with Gasteiger partial charge in [-0.25, -0.2) is 23.0 Å². The minimum Gasteiger partial charge on any atom is -0.443 e. The number of hydroxylamine groups is 1. The van der Waals surface area contributed by atoms with E-state index in [4.69, 9.17) is 4.74 Å². The standard InChI is InChI=1S/C15H18N4O6S/c20-13(8-4-5-9-26(22,23)14-16-11-17-18-14)25-19-15(21)24-10-12-6-2-1-3-7-12/h1-3,6-7,11H,4-5,8-10H2,(H,19,21)(H,16,17,18). The van der Waals surface area contributed by atoms with Crippen LogP contribution in [0.25, 0.3) is 0 Å². The third-order valence-corrected chi connectivity index (χ3v) is 4.76. The SMILES string of the molecule is O=C(CCCCS(=O)(=O)c1nc[nH]n1)ONC(=O)OCc1ccccc1. The topological polar surface area (TPSA) is 140 Å². The molecule has 0 aliphatic carbocycles. The number of hydrogen-bond donors (Lipinski definition) is 2. The molecule has 1 heterocycles. The van der Waals surface area contributed by atoms with Gasteiger partial charge in [-0.3, -0.25) is 5.10 Å². The number of rotatable bonds is 8. The summed E-state index contributed by atoms with van der Waals surface area (Å²) in [5.41, 5.74) is 2.67. The van der Waals surface area contributed by atoms with Crippen LogP contribution < -0.4 is 5.48 Å². The molecule has 10 nitrogen and oxygen atoms in total. The predicted octanol–water partition coefficient (Wildman–Crippen LogP) is 1.13. The molecule has 0 aliphatic heterocycles. The Kier molecular flexibility index (Phi) is 7.09. The summed E-state index contributed by atoms with van der Waals surface area (Å²) < 4.78 is 28.5. The number of nitrogens with zero attached hydrogens (tertiary/aromatic N) is 2. The number of unbranched alkanes of at least 4 members (excludes halogenated alkanes) is 1. The number of aromatic amines is 1. The summed E-state index contributed by atoms with van der Waals surface area (Å²) in [4.78, 5) is 31.0. The van der Waals surface area contributed by atoms with Gasteiger partial charge < -0.3 is 9.57 Å². The Morgan fingerprint density at radius 1 is 1.15 bits per heavy atom. The molecule has 1 aromatic carbocycles. The number of aromatic nitrogens is 3. The summed E-state index contributed by atoms with van der Waals surface area (Å²) in [6.45, 7) is 0.0449. The third-order valence-electron chi connectivity index (χ3n) is 3.18. The van der Waals surface area contributed by atoms with Crippen molar-refractivity contribution in [3.63, 3.8) is 0 Å². The summed E-state index contributed by atoms with van der Waals surface area (Å²) in [6, 6.07) is 9.01. The number of nitrogens with one attached hydrogen (secondary N) is 2. The van der Waals surface area contributed by atoms with Crippen LogP contribution in [0.2, 0.25) is 0 Å². The number of ether oxygens (including phenoxy) is 1. The first-order valence-electron chi connectivity index (χ1n) is 7.72. The van der Waals surface area contributed by atoms with Crippen molar-refractivity contribution in [2.45, 2.75) is 31.0 Å². The maximum Gasteiger partial charge on any atom is 0.441 e. The molecule has 0 unspecified atom stereocenters. The monoisotopic (exact) mass is 382 g/mol. The molecule has 0 saturated heterocycles. The van der Waals surface area contributed by atoms with Crippen molar-refractivity contribution in [2.24, 2.45) is 0 Å². The number of amides is 1. The molecule has 2 rings (SSSR count). The van der Waals surface area contributed by atoms with E-state index in [1.807, 2.05) is 11.5 Å². The Labute approximate surface area is 149 Å². The average Bonchev–Trinajstić information content (AvgIpc) is 3.18. The molecular weight excluding hydrogens is 364 g/mol. The van der Waals surface area contributed by atoms with Crippen LogP contribution in [0.1, 0.15) is 24.8 Å². The van der Waals surface area contributed by atoms with E-state index in [0.717, 1.165) is 5.56 Å². The van der Waals surface area contributed by atoms with E-state index in [0.29, 0.717) is 0 Å². The van der Waals surface area contributed by atoms with Gasteiger partial charge in [-0.15, -0.1) is 10.6 Å². The van der Waals surface area contributed by atoms with Gasteiger partial charge in [0.05, 0.1) is 5.75 Å². The van der Waals surface area contributed by atoms with Gasteiger partial charge in [0.1, 0.15) is 12.9 Å². The van der Waals surface area contributed by atoms with Gasteiger partial charge in [-0.1, -0.05) is 30.3 Å². The second kappa shape index (κ2) is 9.51. The van der Waals surface area contributed by atoms with Gasteiger partial charge in [0, 0.05) is 6.42 Å². The lowest BCUT2D eigenvalue weighted by atomic mass is 10.2. The molecule has 1 amide bonds. The molecular formula is C15H18N4O6S. The lowest BCUT2D eigenvalue weighted by Crippen LogP contribution is -2.27. The normalized spacial score (nSPS) is 10.9. The second-order valence-electron chi connectivity index (χ2n) is 5.20. The zero-order valence-corrected chi connectivity index (χ0v) is 14.6. The second-order valence-corrected chi connectivity index (χ2v) is 7.20. The summed E-state index contributed by atoms with van der Waals surface area (Å²) in [5, 5.41) is 5.56. The lowest BCUT2D eigenvalue weighted by Gasteiger charge is -2.07. The molecule has 0 atom stereocenters. The van der Waals surface area contributed by atoms with E-state index in [1.165, 1.54) is 6.33 Å². The Hall–Kier alpha value is -2.95. The smallest absolute Gasteiger partial charge is 0.441 e. The summed E-state index contributed by atoms with van der Waals surface area (Å²) in [7, 11) is -3.57. The van der Waals surface area contributed by atoms with Gasteiger partial charge in [0.25, 0.3) is 5.16 Å². The van der Waals surface area contributed by atoms with Crippen molar-refractivity contribution in [3.8, 4) is 0 Å². The fraction of sp³-hybridized carbons (Fsp3) is 0.333. The minimum absolute atomic E-state index is 0.0449. The maximum atomic E-state index is 11.8. The highest BCUT2D eigenvalue weighted by atomic mass is 32.2. The van der Waals surface area contributed by atoms with E-state index >= 15 is 0 Å². The van der Waals surface area contributed by atoms with Crippen LogP contribution in [0.5, 0.6) is 0 Å². The highest BCUT2D eigenvalue weighted by molar-refractivity contribution is 7.91. The number of benzene rings is 1. The molecule has 140 valence electrons. The van der Waals surface area contributed by atoms with Crippen molar-refractivity contribution in [3.05, 3.63) is 42.2 Å². The van der Waals surface area contributed by atoms with Crippen LogP contribution in [-0.2, 0) is 30.8 Å². The van der Waals surface area contributed by atoms with Crippen molar-refractivity contribution in [2.75, 3.05) is 5.75 Å². The Morgan fingerprint density at radius 2 is 1.92 bits per heavy atom. The van der Waals surface area contributed by atoms with E-state index in [1.54, 1.807) is 24.3 Å². The van der Waals surface area contributed by atoms with Gasteiger partial charge in [-0.2, -0.15) is 0 Å². The van der Waals surface area contributed by atoms with E-state index in [-0.39, 0.29) is 36.8 Å². The highest BCUT2D eigenvalue weighted by Crippen LogP contribution is 2.07. The first kappa shape index (κ1) is 19.4. The van der Waals surface area contributed by atoms with Gasteiger partial charge in [0.15, 0.2) is 0 Å². The highest BCUT2D eigenvalue weighted by Gasteiger charge is 2.18. The van der Waals surface area contributed by atoms with Gasteiger partial charge >= 0.3 is 12.1 Å². The van der Waals surface area contributed by atoms with Crippen molar-refractivity contribution >= 4 is 21.9 Å². The predicted molar refractivity (Wildman–Crippen MR) is 88.1 cm³/mol. The number of H-pyrrole nitrogens is 1. The zero-order valence-electron chi connectivity index (χ0n) is 13.8. The average molecular weight is 382 g/mol. The van der Waals surface area contributed by atoms with E-state index < -0.39 is 21.9 Å². The number of carbonyl (C=O) groups is 2. The maximum absolute atomic E-state index is 11.8. The summed E-state index contributed by atoms with van der Waals surface area (Å²) in [5.74, 6) is -0.887. The quantitative estimate of drug-likeness (QED) is 0.511. The number of carbonyl (C=O) groups excluding carboxylic acids is 2. The van der Waals surface area contributed by atoms with Crippen LogP contribution in [0.4, 0.5) is 4.79 Å². The van der Waals surface area contributed by atoms with Crippen LogP contribution in [0, 0.1) is 0 Å². The van der Waals surface area contributed by atoms with Gasteiger partial charge in [-0.05, 0) is 18.4 Å². The number of sulfone groups is 1. The molecule has 0 saturated carbocycles. The van der Waals surface area contributed by atoms with Crippen LogP contribution in [-0.4, -0.2) is 41.4 Å². The molecule has 2 N–H and O–H groups in total. The van der Waals surface area contributed by atoms with E-state index in [9.17, 15) is 18.0 Å². The molecule has 0 bridgehead atoms. The first-order valence-corrected chi connectivity index (χ1v) is 9.37. The summed E-state index contributed by atoms with van der Waals surface area (Å²) in [6.07, 6.45) is 0.720. The van der Waals surface area contributed by atoms with Crippen LogP contribution in [0.3, 0.4) is 0 Å². The van der Waals surface area contributed by atoms with Crippen molar-refractivity contribution < 1.29 is 27.6 Å². The Morgan fingerprint density at radius 3 is 2.62 bits per heavy atom. The molecule has 0 fully saturated rings. The van der Waals surface area contributed by atoms with Gasteiger partial charge in [0.2, 0.25) is 9.84 Å². The third kappa shape index (κ3) is 6.51. The van der Waals surface area contributed by atoms with Crippen LogP contribution >= 0.6 is 0 Å². The number of hydrogen-bond acceptors (Lipinski definition) is 8. The molecule has 0 spiro atoms. The van der Waals surface area contributed by atoms with Crippen molar-refractivity contribution in [1.82, 2.24) is 20.7 Å². The molecule has 26 heavy (non-hydrogen) atoms. The molecule has 0 aliphatic rings. The largest absolute Gasteiger partial charge is 0.443 e. The molecule has 0 radical (unpaired) electrons. The van der Waals surface area contributed by atoms with E-state index in [2.05, 4.69) is 20.0 Å². The first-order chi connectivity index (χ1) is 12.5. The molecule has 2 aromatic rings. The van der Waals surface area contributed by atoms with Crippen LogP contribution in [0.15, 0.2) is 41.8 Å². The fourth-order valence-electron chi connectivity index (χ4n) is 1.90. The fourth-order valence-corrected chi connectivity index (χ4v) is 3.07. The Bertz CT molecular complexity index is 808. The minimum atomic E-state index is -3.57. The molecule has 1 aromatic heterocycles.